The van der Waals surface area contributed by atoms with Crippen molar-refractivity contribution < 1.29 is 9.47 Å². The standard InChI is InChI=1S/C18H37N3O2.HI/c1-4-7-9-16(5-2)14-21-18(19-6-3)20-11-8-12-23-17-10-13-22-15-17;/h16-17H,4-15H2,1-3H3,(H2,19,20,21);1H. The lowest BCUT2D eigenvalue weighted by Gasteiger charge is -2.15. The maximum atomic E-state index is 5.78. The maximum absolute atomic E-state index is 5.78. The molecule has 0 aromatic carbocycles. The van der Waals surface area contributed by atoms with Gasteiger partial charge in [-0.3, -0.25) is 4.99 Å². The van der Waals surface area contributed by atoms with Crippen molar-refractivity contribution in [2.75, 3.05) is 39.5 Å². The number of hydrogen-bond acceptors (Lipinski definition) is 3. The first kappa shape index (κ1) is 23.9. The lowest BCUT2D eigenvalue weighted by atomic mass is 10.00. The molecule has 1 rings (SSSR count). The second-order valence-corrected chi connectivity index (χ2v) is 6.27. The average Bonchev–Trinajstić information content (AvgIpc) is 3.08. The summed E-state index contributed by atoms with van der Waals surface area (Å²) in [5.74, 6) is 1.64. The van der Waals surface area contributed by atoms with Crippen LogP contribution in [-0.4, -0.2) is 51.5 Å². The van der Waals surface area contributed by atoms with E-state index in [1.54, 1.807) is 0 Å². The summed E-state index contributed by atoms with van der Waals surface area (Å²) in [7, 11) is 0. The number of nitrogens with one attached hydrogen (secondary N) is 2. The highest BCUT2D eigenvalue weighted by molar-refractivity contribution is 14.0. The summed E-state index contributed by atoms with van der Waals surface area (Å²) in [6.07, 6.45) is 7.40. The molecule has 1 saturated heterocycles. The molecule has 0 amide bonds. The van der Waals surface area contributed by atoms with Gasteiger partial charge in [0.05, 0.1) is 12.7 Å². The van der Waals surface area contributed by atoms with Crippen LogP contribution in [0.25, 0.3) is 0 Å². The number of nitrogens with zero attached hydrogens (tertiary/aromatic N) is 1. The lowest BCUT2D eigenvalue weighted by molar-refractivity contribution is 0.0420. The Morgan fingerprint density at radius 2 is 2.08 bits per heavy atom. The molecule has 24 heavy (non-hydrogen) atoms. The van der Waals surface area contributed by atoms with E-state index in [9.17, 15) is 0 Å². The molecule has 0 aliphatic carbocycles. The van der Waals surface area contributed by atoms with Gasteiger partial charge in [0.15, 0.2) is 5.96 Å². The van der Waals surface area contributed by atoms with Crippen molar-refractivity contribution in [2.45, 2.75) is 65.4 Å². The molecule has 144 valence electrons. The number of rotatable bonds is 12. The molecule has 2 unspecified atom stereocenters. The van der Waals surface area contributed by atoms with E-state index in [0.29, 0.717) is 12.0 Å². The SMILES string of the molecule is CCCCC(CC)CN=C(NCC)NCCCOC1CCOC1.I. The number of hydrogen-bond donors (Lipinski definition) is 2. The minimum absolute atomic E-state index is 0. The van der Waals surface area contributed by atoms with Gasteiger partial charge in [-0.05, 0) is 32.1 Å². The van der Waals surface area contributed by atoms with E-state index < -0.39 is 0 Å². The molecule has 2 atom stereocenters. The molecule has 5 nitrogen and oxygen atoms in total. The van der Waals surface area contributed by atoms with E-state index in [0.717, 1.165) is 58.3 Å². The van der Waals surface area contributed by atoms with Gasteiger partial charge in [-0.2, -0.15) is 0 Å². The molecule has 6 heteroatoms. The molecule has 1 heterocycles. The Kier molecular flexibility index (Phi) is 16.3. The third-order valence-electron chi connectivity index (χ3n) is 4.25. The monoisotopic (exact) mass is 455 g/mol. The summed E-state index contributed by atoms with van der Waals surface area (Å²) in [6.45, 7) is 11.7. The number of halogens is 1. The first-order chi connectivity index (χ1) is 11.3. The number of guanidine groups is 1. The van der Waals surface area contributed by atoms with Crippen molar-refractivity contribution in [3.8, 4) is 0 Å². The van der Waals surface area contributed by atoms with Crippen LogP contribution in [0.15, 0.2) is 4.99 Å². The number of ether oxygens (including phenoxy) is 2. The summed E-state index contributed by atoms with van der Waals surface area (Å²) in [5, 5.41) is 6.74. The van der Waals surface area contributed by atoms with Gasteiger partial charge in [0.2, 0.25) is 0 Å². The molecule has 0 bridgehead atoms. The van der Waals surface area contributed by atoms with Crippen LogP contribution >= 0.6 is 24.0 Å². The van der Waals surface area contributed by atoms with Crippen LogP contribution in [0.1, 0.15) is 59.3 Å². The van der Waals surface area contributed by atoms with Gasteiger partial charge in [0, 0.05) is 32.8 Å². The molecular formula is C18H38IN3O2. The Labute approximate surface area is 165 Å². The third-order valence-corrected chi connectivity index (χ3v) is 4.25. The lowest BCUT2D eigenvalue weighted by Crippen LogP contribution is -2.38. The average molecular weight is 455 g/mol. The third kappa shape index (κ3) is 11.5. The molecule has 1 fully saturated rings. The minimum atomic E-state index is 0. The van der Waals surface area contributed by atoms with Crippen molar-refractivity contribution >= 4 is 29.9 Å². The highest BCUT2D eigenvalue weighted by Gasteiger charge is 2.15. The molecule has 0 radical (unpaired) electrons. The van der Waals surface area contributed by atoms with E-state index >= 15 is 0 Å². The van der Waals surface area contributed by atoms with Crippen molar-refractivity contribution in [3.63, 3.8) is 0 Å². The second-order valence-electron chi connectivity index (χ2n) is 6.27. The van der Waals surface area contributed by atoms with Gasteiger partial charge in [-0.15, -0.1) is 24.0 Å². The molecule has 0 saturated carbocycles. The van der Waals surface area contributed by atoms with Crippen molar-refractivity contribution in [3.05, 3.63) is 0 Å². The van der Waals surface area contributed by atoms with Crippen LogP contribution in [0.4, 0.5) is 0 Å². The van der Waals surface area contributed by atoms with Crippen LogP contribution < -0.4 is 10.6 Å². The van der Waals surface area contributed by atoms with Crippen LogP contribution in [0, 0.1) is 5.92 Å². The Balaban J connectivity index is 0.00000529. The Hall–Kier alpha value is -0.0800. The predicted octanol–water partition coefficient (Wildman–Crippen LogP) is 3.57. The topological polar surface area (TPSA) is 54.9 Å². The zero-order valence-electron chi connectivity index (χ0n) is 15.8. The van der Waals surface area contributed by atoms with Crippen LogP contribution in [0.2, 0.25) is 0 Å². The van der Waals surface area contributed by atoms with Gasteiger partial charge in [0.25, 0.3) is 0 Å². The highest BCUT2D eigenvalue weighted by Crippen LogP contribution is 2.12. The fourth-order valence-electron chi connectivity index (χ4n) is 2.65. The largest absolute Gasteiger partial charge is 0.379 e. The van der Waals surface area contributed by atoms with E-state index in [1.807, 2.05) is 0 Å². The predicted molar refractivity (Wildman–Crippen MR) is 112 cm³/mol. The molecule has 1 aliphatic heterocycles. The van der Waals surface area contributed by atoms with Gasteiger partial charge in [0.1, 0.15) is 0 Å². The first-order valence-electron chi connectivity index (χ1n) is 9.51. The van der Waals surface area contributed by atoms with E-state index in [-0.39, 0.29) is 24.0 Å². The number of aliphatic imine (C=N–C) groups is 1. The Morgan fingerprint density at radius 1 is 1.25 bits per heavy atom. The summed E-state index contributed by atoms with van der Waals surface area (Å²) in [4.78, 5) is 4.75. The molecular weight excluding hydrogens is 417 g/mol. The maximum Gasteiger partial charge on any atom is 0.191 e. The van der Waals surface area contributed by atoms with Crippen LogP contribution in [0.3, 0.4) is 0 Å². The molecule has 0 spiro atoms. The van der Waals surface area contributed by atoms with Crippen molar-refractivity contribution in [1.82, 2.24) is 10.6 Å². The quantitative estimate of drug-likeness (QED) is 0.205. The van der Waals surface area contributed by atoms with Gasteiger partial charge in [-0.25, -0.2) is 0 Å². The van der Waals surface area contributed by atoms with Crippen molar-refractivity contribution in [1.29, 1.82) is 0 Å². The Morgan fingerprint density at radius 3 is 2.71 bits per heavy atom. The first-order valence-corrected chi connectivity index (χ1v) is 9.51. The normalized spacial score (nSPS) is 19.0. The van der Waals surface area contributed by atoms with Crippen LogP contribution in [0.5, 0.6) is 0 Å². The van der Waals surface area contributed by atoms with Gasteiger partial charge >= 0.3 is 0 Å². The van der Waals surface area contributed by atoms with Crippen LogP contribution in [-0.2, 0) is 9.47 Å². The molecule has 0 aromatic heterocycles. The summed E-state index contributed by atoms with van der Waals surface area (Å²) >= 11 is 0. The number of unbranched alkanes of at least 4 members (excludes halogenated alkanes) is 1. The zero-order chi connectivity index (χ0) is 16.8. The van der Waals surface area contributed by atoms with Gasteiger partial charge in [-0.1, -0.05) is 33.1 Å². The summed E-state index contributed by atoms with van der Waals surface area (Å²) in [6, 6.07) is 0. The molecule has 2 N–H and O–H groups in total. The minimum Gasteiger partial charge on any atom is -0.379 e. The second kappa shape index (κ2) is 16.4. The van der Waals surface area contributed by atoms with Gasteiger partial charge < -0.3 is 20.1 Å². The highest BCUT2D eigenvalue weighted by atomic mass is 127. The van der Waals surface area contributed by atoms with Crippen molar-refractivity contribution in [2.24, 2.45) is 10.9 Å². The van der Waals surface area contributed by atoms with E-state index in [2.05, 4.69) is 31.4 Å². The Bertz CT molecular complexity index is 311. The zero-order valence-corrected chi connectivity index (χ0v) is 18.1. The molecule has 0 aromatic rings. The fraction of sp³-hybridized carbons (Fsp3) is 0.944. The van der Waals surface area contributed by atoms with E-state index in [1.165, 1.54) is 25.7 Å². The molecule has 1 aliphatic rings. The summed E-state index contributed by atoms with van der Waals surface area (Å²) < 4.78 is 11.1. The van der Waals surface area contributed by atoms with E-state index in [4.69, 9.17) is 14.5 Å². The summed E-state index contributed by atoms with van der Waals surface area (Å²) in [5.41, 5.74) is 0. The fourth-order valence-corrected chi connectivity index (χ4v) is 2.65. The smallest absolute Gasteiger partial charge is 0.191 e.